The van der Waals surface area contributed by atoms with Gasteiger partial charge in [0.25, 0.3) is 0 Å². The van der Waals surface area contributed by atoms with E-state index < -0.39 is 18.4 Å². The second kappa shape index (κ2) is 5.20. The van der Waals surface area contributed by atoms with Crippen molar-refractivity contribution in [2.24, 2.45) is 0 Å². The van der Waals surface area contributed by atoms with Crippen LogP contribution in [-0.2, 0) is 19.1 Å². The van der Waals surface area contributed by atoms with Gasteiger partial charge in [0, 0.05) is 6.08 Å². The van der Waals surface area contributed by atoms with E-state index in [1.807, 2.05) is 0 Å². The number of hydrogen-bond donors (Lipinski definition) is 1. The molecule has 0 heterocycles. The summed E-state index contributed by atoms with van der Waals surface area (Å²) in [5.74, 6) is -0.754. The molecule has 5 nitrogen and oxygen atoms in total. The number of carbonyl (C=O) groups is 2. The Morgan fingerprint density at radius 3 is 2.64 bits per heavy atom. The van der Waals surface area contributed by atoms with Crippen LogP contribution in [0, 0.1) is 0 Å². The molecule has 0 amide bonds. The number of hydrogen-bond acceptors (Lipinski definition) is 4. The maximum atomic E-state index is 10.4. The van der Waals surface area contributed by atoms with Crippen LogP contribution in [0.15, 0.2) is 6.08 Å². The average molecular weight is 158 g/mol. The first kappa shape index (κ1) is 9.39. The summed E-state index contributed by atoms with van der Waals surface area (Å²) in [6.45, 7) is -0.227. The lowest BCUT2D eigenvalue weighted by atomic mass is 10.4. The second-order valence-corrected chi connectivity index (χ2v) is 1.58. The van der Waals surface area contributed by atoms with Crippen LogP contribution in [0.25, 0.3) is 0 Å². The summed E-state index contributed by atoms with van der Waals surface area (Å²) in [7, 11) is 0. The summed E-state index contributed by atoms with van der Waals surface area (Å²) >= 11 is 0. The van der Waals surface area contributed by atoms with E-state index in [2.05, 4.69) is 4.74 Å². The van der Waals surface area contributed by atoms with Crippen molar-refractivity contribution in [1.82, 2.24) is 0 Å². The van der Waals surface area contributed by atoms with E-state index in [-0.39, 0.29) is 6.61 Å². The zero-order chi connectivity index (χ0) is 8.69. The molecule has 0 aliphatic rings. The standard InChI is InChI=1S/C6H6O5/c7-2-1-3-11-6(10)4-5(8)9/h1H,3-4H2,(H,8,9). The molecule has 0 saturated heterocycles. The number of esters is 1. The molecule has 0 aromatic carbocycles. The second-order valence-electron chi connectivity index (χ2n) is 1.58. The Hall–Kier alpha value is -1.61. The molecular formula is C6H6O5. The molecule has 5 heteroatoms. The molecule has 0 spiro atoms. The third-order valence-corrected chi connectivity index (χ3v) is 0.707. The van der Waals surface area contributed by atoms with Gasteiger partial charge in [0.1, 0.15) is 19.0 Å². The van der Waals surface area contributed by atoms with Crippen molar-refractivity contribution in [2.45, 2.75) is 6.42 Å². The number of aliphatic carboxylic acids is 1. The SMILES string of the molecule is O=C=CCOC(=O)CC(=O)O. The Morgan fingerprint density at radius 1 is 1.55 bits per heavy atom. The van der Waals surface area contributed by atoms with E-state index in [1.54, 1.807) is 0 Å². The zero-order valence-corrected chi connectivity index (χ0v) is 5.57. The van der Waals surface area contributed by atoms with Crippen molar-refractivity contribution in [3.63, 3.8) is 0 Å². The van der Waals surface area contributed by atoms with Crippen LogP contribution in [0.3, 0.4) is 0 Å². The molecule has 0 aliphatic heterocycles. The van der Waals surface area contributed by atoms with Gasteiger partial charge >= 0.3 is 11.9 Å². The topological polar surface area (TPSA) is 80.7 Å². The first-order chi connectivity index (χ1) is 5.16. The molecule has 0 saturated carbocycles. The van der Waals surface area contributed by atoms with Crippen LogP contribution in [0.2, 0.25) is 0 Å². The third kappa shape index (κ3) is 6.27. The Kier molecular flexibility index (Phi) is 4.44. The van der Waals surface area contributed by atoms with Crippen molar-refractivity contribution >= 4 is 17.9 Å². The molecule has 0 unspecified atom stereocenters. The smallest absolute Gasteiger partial charge is 0.317 e. The molecule has 0 aromatic heterocycles. The molecule has 0 radical (unpaired) electrons. The molecule has 0 bridgehead atoms. The summed E-state index contributed by atoms with van der Waals surface area (Å²) in [4.78, 5) is 29.7. The maximum absolute atomic E-state index is 10.4. The summed E-state index contributed by atoms with van der Waals surface area (Å²) in [6.07, 6.45) is 0.256. The fraction of sp³-hybridized carbons (Fsp3) is 0.333. The number of ether oxygens (including phenoxy) is 1. The summed E-state index contributed by atoms with van der Waals surface area (Å²) in [5.41, 5.74) is 0. The lowest BCUT2D eigenvalue weighted by Crippen LogP contribution is -2.10. The maximum Gasteiger partial charge on any atom is 0.317 e. The van der Waals surface area contributed by atoms with Gasteiger partial charge in [-0.1, -0.05) is 0 Å². The molecule has 0 aliphatic carbocycles. The van der Waals surface area contributed by atoms with Crippen LogP contribution in [0.1, 0.15) is 6.42 Å². The fourth-order valence-corrected chi connectivity index (χ4v) is 0.343. The molecule has 0 fully saturated rings. The van der Waals surface area contributed by atoms with Crippen LogP contribution in [0.4, 0.5) is 0 Å². The quantitative estimate of drug-likeness (QED) is 0.335. The Morgan fingerprint density at radius 2 is 2.18 bits per heavy atom. The van der Waals surface area contributed by atoms with Gasteiger partial charge in [0.15, 0.2) is 0 Å². The van der Waals surface area contributed by atoms with Crippen molar-refractivity contribution in [2.75, 3.05) is 6.61 Å². The van der Waals surface area contributed by atoms with E-state index in [4.69, 9.17) is 5.11 Å². The molecule has 0 atom stereocenters. The van der Waals surface area contributed by atoms with Gasteiger partial charge in [-0.3, -0.25) is 9.59 Å². The van der Waals surface area contributed by atoms with E-state index in [0.29, 0.717) is 0 Å². The minimum absolute atomic E-state index is 0.227. The van der Waals surface area contributed by atoms with Crippen LogP contribution in [0.5, 0.6) is 0 Å². The zero-order valence-electron chi connectivity index (χ0n) is 5.57. The van der Waals surface area contributed by atoms with Crippen molar-refractivity contribution in [3.8, 4) is 0 Å². The van der Waals surface area contributed by atoms with Crippen LogP contribution < -0.4 is 0 Å². The highest BCUT2D eigenvalue weighted by molar-refractivity contribution is 5.90. The molecule has 60 valence electrons. The lowest BCUT2D eigenvalue weighted by molar-refractivity contribution is -0.150. The fourth-order valence-electron chi connectivity index (χ4n) is 0.343. The van der Waals surface area contributed by atoms with E-state index in [1.165, 1.54) is 5.94 Å². The van der Waals surface area contributed by atoms with Gasteiger partial charge < -0.3 is 9.84 Å². The highest BCUT2D eigenvalue weighted by Gasteiger charge is 2.06. The summed E-state index contributed by atoms with van der Waals surface area (Å²) in [6, 6.07) is 0. The highest BCUT2D eigenvalue weighted by atomic mass is 16.5. The van der Waals surface area contributed by atoms with Crippen molar-refractivity contribution < 1.29 is 24.2 Å². The van der Waals surface area contributed by atoms with Gasteiger partial charge in [0.05, 0.1) is 0 Å². The number of carboxylic acid groups (broad SMARTS) is 1. The van der Waals surface area contributed by atoms with E-state index in [9.17, 15) is 14.4 Å². The Balaban J connectivity index is 3.53. The summed E-state index contributed by atoms with van der Waals surface area (Å²) < 4.78 is 4.26. The minimum atomic E-state index is -1.26. The van der Waals surface area contributed by atoms with Crippen molar-refractivity contribution in [3.05, 3.63) is 6.08 Å². The third-order valence-electron chi connectivity index (χ3n) is 0.707. The minimum Gasteiger partial charge on any atom is -0.481 e. The largest absolute Gasteiger partial charge is 0.481 e. The predicted molar refractivity (Wildman–Crippen MR) is 33.5 cm³/mol. The molecular weight excluding hydrogens is 152 g/mol. The first-order valence-electron chi connectivity index (χ1n) is 2.73. The Labute approximate surface area is 62.3 Å². The molecule has 11 heavy (non-hydrogen) atoms. The van der Waals surface area contributed by atoms with Gasteiger partial charge in [-0.2, -0.15) is 0 Å². The normalized spacial score (nSPS) is 8.00. The van der Waals surface area contributed by atoms with Gasteiger partial charge in [-0.25, -0.2) is 4.79 Å². The highest BCUT2D eigenvalue weighted by Crippen LogP contribution is 1.85. The predicted octanol–water partition coefficient (Wildman–Crippen LogP) is -0.608. The van der Waals surface area contributed by atoms with E-state index in [0.717, 1.165) is 6.08 Å². The molecule has 0 aromatic rings. The van der Waals surface area contributed by atoms with Crippen LogP contribution in [-0.4, -0.2) is 29.6 Å². The van der Waals surface area contributed by atoms with Crippen molar-refractivity contribution in [1.29, 1.82) is 0 Å². The van der Waals surface area contributed by atoms with E-state index >= 15 is 0 Å². The van der Waals surface area contributed by atoms with Gasteiger partial charge in [-0.05, 0) is 0 Å². The number of carbonyl (C=O) groups excluding carboxylic acids is 2. The Bertz CT molecular complexity index is 201. The van der Waals surface area contributed by atoms with Crippen LogP contribution >= 0.6 is 0 Å². The van der Waals surface area contributed by atoms with Gasteiger partial charge in [-0.15, -0.1) is 0 Å². The number of carboxylic acids is 1. The molecule has 0 rings (SSSR count). The monoisotopic (exact) mass is 158 g/mol. The summed E-state index contributed by atoms with van der Waals surface area (Å²) in [5, 5.41) is 8.05. The lowest BCUT2D eigenvalue weighted by Gasteiger charge is -1.95. The number of rotatable bonds is 4. The average Bonchev–Trinajstić information content (AvgIpc) is 1.86. The van der Waals surface area contributed by atoms with Gasteiger partial charge in [0.2, 0.25) is 0 Å². The first-order valence-corrected chi connectivity index (χ1v) is 2.73. The molecule has 1 N–H and O–H groups in total.